The molecule has 0 aromatic heterocycles. The number of hydrogen-bond donors (Lipinski definition) is 24. The molecule has 25 N–H and O–H groups in total. The maximum atomic E-state index is 13.5. The number of phenolic OH excluding ortho intramolecular Hbond substituents is 4. The lowest BCUT2D eigenvalue weighted by Crippen LogP contribution is -2.68. The van der Waals surface area contributed by atoms with Crippen LogP contribution in [0.25, 0.3) is 0 Å². The monoisotopic (exact) mass is 1510 g/mol. The lowest BCUT2D eigenvalue weighted by molar-refractivity contribution is -0.386. The highest BCUT2D eigenvalue weighted by Gasteiger charge is 2.58. The van der Waals surface area contributed by atoms with E-state index in [1.165, 1.54) is 58.4 Å². The first-order valence-corrected chi connectivity index (χ1v) is 33.3. The summed E-state index contributed by atoms with van der Waals surface area (Å²) in [5.41, 5.74) is 6.79. The molecule has 6 fully saturated rings. The molecule has 0 radical (unpaired) electrons. The second kappa shape index (κ2) is 40.1. The van der Waals surface area contributed by atoms with Gasteiger partial charge in [0.15, 0.2) is 53.9 Å². The number of amides is 4. The van der Waals surface area contributed by atoms with Crippen LogP contribution in [0, 0.1) is 17.8 Å². The number of carboxylic acid groups (broad SMARTS) is 2. The van der Waals surface area contributed by atoms with Gasteiger partial charge in [-0.15, -0.1) is 0 Å². The van der Waals surface area contributed by atoms with Crippen LogP contribution in [-0.4, -0.2) is 352 Å². The topological polar surface area (TPSA) is 662 Å². The van der Waals surface area contributed by atoms with Crippen molar-refractivity contribution < 1.29 is 178 Å². The van der Waals surface area contributed by atoms with Gasteiger partial charge in [-0.25, -0.2) is 19.7 Å². The first kappa shape index (κ1) is 87.4. The van der Waals surface area contributed by atoms with E-state index in [4.69, 9.17) is 68.6 Å². The summed E-state index contributed by atoms with van der Waals surface area (Å²) in [6.45, 7) is 1.73. The molecule has 41 heteroatoms. The number of methoxy groups -OCH3 is 3. The summed E-state index contributed by atoms with van der Waals surface area (Å²) in [4.78, 5) is 78.4. The number of phenols is 4. The quantitative estimate of drug-likeness (QED) is 0.0236. The molecule has 6 heterocycles. The fraction of sp³-hybridized carbons (Fsp3) is 0.719. The van der Waals surface area contributed by atoms with Crippen molar-refractivity contribution in [3.8, 4) is 23.0 Å². The van der Waals surface area contributed by atoms with Gasteiger partial charge < -0.3 is 166 Å². The molecular formula is C64H99N5O36. The third-order valence-electron chi connectivity index (χ3n) is 19.0. The molecule has 41 nitrogen and oxygen atoms in total. The molecule has 0 aliphatic carbocycles. The maximum Gasteiger partial charge on any atom is 0.335 e. The summed E-state index contributed by atoms with van der Waals surface area (Å²) >= 11 is 0. The van der Waals surface area contributed by atoms with Crippen molar-refractivity contribution in [2.45, 2.75) is 218 Å². The number of ether oxygens (including phenoxy) is 10. The number of nitrogens with two attached hydrogens (primary N) is 1. The SMILES string of the molecule is COC1C(C(=O)O)OC(CC2C(O)C(CO)OC(OO)C2NC(C)=O)C(O)C1O.COC1OC(CO)C(O)C(CC2OC(C(=O)O)C(OC3OC(CO)C(O)C(CC4OC(C(=O)NCCc5ccc(O)c(O)c5)C(OC)C(O)C4O)C3NC(C)=O)C(O)C2O)C1NC(C)=O.NCCc1ccc(O)c(O)c1. The predicted octanol–water partition coefficient (Wildman–Crippen LogP) is -8.70. The van der Waals surface area contributed by atoms with Crippen LogP contribution < -0.4 is 27.0 Å². The van der Waals surface area contributed by atoms with E-state index in [9.17, 15) is 110 Å². The maximum absolute atomic E-state index is 13.5. The fourth-order valence-electron chi connectivity index (χ4n) is 13.7. The van der Waals surface area contributed by atoms with E-state index in [0.717, 1.165) is 19.6 Å². The Morgan fingerprint density at radius 2 is 0.790 bits per heavy atom. The predicted molar refractivity (Wildman–Crippen MR) is 346 cm³/mol. The second-order valence-corrected chi connectivity index (χ2v) is 26.0. The van der Waals surface area contributed by atoms with E-state index < -0.39 is 251 Å². The lowest BCUT2D eigenvalue weighted by Gasteiger charge is -2.50. The minimum Gasteiger partial charge on any atom is -0.504 e. The van der Waals surface area contributed by atoms with Gasteiger partial charge in [-0.1, -0.05) is 12.1 Å². The molecule has 4 amide bonds. The number of aliphatic carboxylic acids is 2. The highest BCUT2D eigenvalue weighted by atomic mass is 17.1. The summed E-state index contributed by atoms with van der Waals surface area (Å²) in [6, 6.07) is 5.04. The average molecular weight is 1510 g/mol. The molecule has 30 unspecified atom stereocenters. The summed E-state index contributed by atoms with van der Waals surface area (Å²) in [5, 5.41) is 205. The van der Waals surface area contributed by atoms with Gasteiger partial charge in [0.2, 0.25) is 24.0 Å². The first-order valence-electron chi connectivity index (χ1n) is 33.3. The molecule has 2 aromatic rings. The summed E-state index contributed by atoms with van der Waals surface area (Å²) in [5.74, 6) is -10.2. The highest BCUT2D eigenvalue weighted by Crippen LogP contribution is 2.41. The molecule has 0 bridgehead atoms. The number of carboxylic acids is 2. The van der Waals surface area contributed by atoms with Crippen molar-refractivity contribution in [3.63, 3.8) is 0 Å². The molecule has 8 rings (SSSR count). The zero-order valence-corrected chi connectivity index (χ0v) is 57.9. The zero-order valence-electron chi connectivity index (χ0n) is 57.9. The van der Waals surface area contributed by atoms with Crippen LogP contribution in [0.3, 0.4) is 0 Å². The Bertz CT molecular complexity index is 3130. The first-order chi connectivity index (χ1) is 49.6. The Morgan fingerprint density at radius 1 is 0.438 bits per heavy atom. The largest absolute Gasteiger partial charge is 0.504 e. The van der Waals surface area contributed by atoms with Gasteiger partial charge in [0.25, 0.3) is 5.91 Å². The Morgan fingerprint density at radius 3 is 1.15 bits per heavy atom. The number of rotatable bonds is 26. The Labute approximate surface area is 599 Å². The molecule has 105 heavy (non-hydrogen) atoms. The van der Waals surface area contributed by atoms with E-state index in [1.807, 2.05) is 0 Å². The molecule has 2 aromatic carbocycles. The van der Waals surface area contributed by atoms with Gasteiger partial charge in [-0.05, 0) is 74.0 Å². The van der Waals surface area contributed by atoms with Crippen LogP contribution >= 0.6 is 0 Å². The van der Waals surface area contributed by atoms with Gasteiger partial charge in [0, 0.05) is 66.4 Å². The van der Waals surface area contributed by atoms with Gasteiger partial charge in [-0.3, -0.25) is 19.2 Å². The molecule has 6 aliphatic heterocycles. The van der Waals surface area contributed by atoms with Gasteiger partial charge in [-0.2, -0.15) is 0 Å². The van der Waals surface area contributed by atoms with Gasteiger partial charge in [0.1, 0.15) is 73.2 Å². The molecular weight excluding hydrogens is 1410 g/mol. The molecule has 0 spiro atoms. The fourth-order valence-corrected chi connectivity index (χ4v) is 13.7. The van der Waals surface area contributed by atoms with Crippen molar-refractivity contribution in [3.05, 3.63) is 47.5 Å². The number of hydrogen-bond acceptors (Lipinski definition) is 35. The average Bonchev–Trinajstić information content (AvgIpc) is 0.752. The number of nitrogens with one attached hydrogen (secondary N) is 4. The van der Waals surface area contributed by atoms with E-state index >= 15 is 0 Å². The molecule has 6 aliphatic rings. The second-order valence-electron chi connectivity index (χ2n) is 26.0. The van der Waals surface area contributed by atoms with E-state index in [0.29, 0.717) is 18.5 Å². The van der Waals surface area contributed by atoms with E-state index in [-0.39, 0.29) is 42.4 Å². The Hall–Kier alpha value is -6.54. The Balaban J connectivity index is 0.000000351. The molecule has 596 valence electrons. The summed E-state index contributed by atoms with van der Waals surface area (Å²) < 4.78 is 55.5. The smallest absolute Gasteiger partial charge is 0.335 e. The highest BCUT2D eigenvalue weighted by molar-refractivity contribution is 5.82. The van der Waals surface area contributed by atoms with E-state index in [2.05, 4.69) is 26.2 Å². The molecule has 0 saturated carbocycles. The van der Waals surface area contributed by atoms with E-state index in [1.54, 1.807) is 6.07 Å². The van der Waals surface area contributed by atoms with Crippen LogP contribution in [0.1, 0.15) is 51.2 Å². The molecule has 30 atom stereocenters. The van der Waals surface area contributed by atoms with Crippen LogP contribution in [0.15, 0.2) is 36.4 Å². The van der Waals surface area contributed by atoms with Gasteiger partial charge in [0.05, 0.1) is 74.6 Å². The van der Waals surface area contributed by atoms with Crippen LogP contribution in [0.2, 0.25) is 0 Å². The van der Waals surface area contributed by atoms with Crippen molar-refractivity contribution in [2.75, 3.05) is 54.2 Å². The minimum atomic E-state index is -2.11. The van der Waals surface area contributed by atoms with Crippen molar-refractivity contribution in [1.29, 1.82) is 0 Å². The number of aromatic hydroxyl groups is 4. The number of carbonyl (C=O) groups excluding carboxylic acids is 4. The molecule has 6 saturated heterocycles. The number of aliphatic hydroxyl groups is 12. The van der Waals surface area contributed by atoms with Crippen molar-refractivity contribution >= 4 is 35.6 Å². The summed E-state index contributed by atoms with van der Waals surface area (Å²) in [7, 11) is 3.56. The number of benzene rings is 2. The van der Waals surface area contributed by atoms with Crippen molar-refractivity contribution in [1.82, 2.24) is 21.3 Å². The van der Waals surface area contributed by atoms with Crippen LogP contribution in [0.5, 0.6) is 23.0 Å². The number of carbonyl (C=O) groups is 6. The van der Waals surface area contributed by atoms with Crippen LogP contribution in [-0.2, 0) is 93.9 Å². The standard InChI is InChI=1S/C40H61N3O22.C16H27NO12.C8H11NO2/c1-14(46)42-25-17(27(50)23(12-44)63-39(25)60-4)10-22-30(53)32(55)34(36(62-22)38(57)58)65-40-26(43-15(2)47)18(28(51)24(13-45)64-40)11-21-29(52)31(54)33(59-3)35(61-21)37(56)41-8-7-16-5-6-19(48)20(49)9-16;1-5(19)17-9-6(10(20)8(4-18)28-16(9)29-25)3-7-11(21)12(22)13(26-2)14(27-7)15(23)24;9-4-3-6-1-2-7(10)8(11)5-6/h5-6,9,17-18,21-36,39-40,44-45,48-55H,7-8,10-13H2,1-4H3,(H,41,56)(H,42,46)(H,43,47)(H,57,58);6-14,16,18,20-22,25H,3-4H2,1-2H3,(H,17,19)(H,23,24);1-2,5,10-11H,3-4,9H2. The van der Waals surface area contributed by atoms with Crippen molar-refractivity contribution in [2.24, 2.45) is 23.5 Å². The third-order valence-corrected chi connectivity index (χ3v) is 19.0. The zero-order chi connectivity index (χ0) is 78.2. The normalized spacial score (nSPS) is 37.6. The van der Waals surface area contributed by atoms with Crippen LogP contribution in [0.4, 0.5) is 0 Å². The Kier molecular flexibility index (Phi) is 33.3. The number of aliphatic hydroxyl groups excluding tert-OH is 12. The third kappa shape index (κ3) is 21.7. The lowest BCUT2D eigenvalue weighted by atomic mass is 9.79. The van der Waals surface area contributed by atoms with Gasteiger partial charge >= 0.3 is 11.9 Å². The summed E-state index contributed by atoms with van der Waals surface area (Å²) in [6.07, 6.45) is -38.6. The minimum absolute atomic E-state index is 0.0137.